The van der Waals surface area contributed by atoms with Crippen LogP contribution in [-0.2, 0) is 0 Å². The van der Waals surface area contributed by atoms with E-state index >= 15 is 0 Å². The monoisotopic (exact) mass is 209 g/mol. The van der Waals surface area contributed by atoms with E-state index in [0.717, 1.165) is 29.9 Å². The van der Waals surface area contributed by atoms with Crippen molar-refractivity contribution in [2.24, 2.45) is 11.1 Å². The van der Waals surface area contributed by atoms with Crippen LogP contribution in [0.1, 0.15) is 56.7 Å². The molecule has 0 saturated carbocycles. The number of rotatable bonds is 3. The molecule has 0 saturated heterocycles. The molecule has 1 heterocycles. The Morgan fingerprint density at radius 2 is 1.93 bits per heavy atom. The van der Waals surface area contributed by atoms with Gasteiger partial charge in [-0.3, -0.25) is 0 Å². The van der Waals surface area contributed by atoms with Gasteiger partial charge in [0.25, 0.3) is 0 Å². The van der Waals surface area contributed by atoms with Gasteiger partial charge in [0.2, 0.25) is 0 Å². The lowest BCUT2D eigenvalue weighted by atomic mass is 9.87. The van der Waals surface area contributed by atoms with Gasteiger partial charge in [0.15, 0.2) is 0 Å². The molecule has 2 heteroatoms. The summed E-state index contributed by atoms with van der Waals surface area (Å²) in [5, 5.41) is 0. The lowest BCUT2D eigenvalue weighted by Gasteiger charge is -2.20. The van der Waals surface area contributed by atoms with Crippen LogP contribution in [0.5, 0.6) is 0 Å². The Bertz CT molecular complexity index is 320. The molecule has 0 radical (unpaired) electrons. The molecule has 0 aromatic carbocycles. The van der Waals surface area contributed by atoms with E-state index in [0.29, 0.717) is 5.41 Å². The van der Waals surface area contributed by atoms with Crippen molar-refractivity contribution in [1.29, 1.82) is 0 Å². The van der Waals surface area contributed by atoms with Crippen molar-refractivity contribution in [3.63, 3.8) is 0 Å². The van der Waals surface area contributed by atoms with Crippen molar-refractivity contribution in [2.45, 2.75) is 53.5 Å². The number of hydrogen-bond donors (Lipinski definition) is 1. The Hall–Kier alpha value is -0.760. The molecule has 0 aliphatic carbocycles. The Labute approximate surface area is 92.9 Å². The predicted octanol–water partition coefficient (Wildman–Crippen LogP) is 3.72. The summed E-state index contributed by atoms with van der Waals surface area (Å²) in [5.41, 5.74) is 7.67. The van der Waals surface area contributed by atoms with E-state index in [4.69, 9.17) is 10.2 Å². The summed E-state index contributed by atoms with van der Waals surface area (Å²) in [5.74, 6) is 1.92. The Morgan fingerprint density at radius 3 is 2.33 bits per heavy atom. The second-order valence-corrected chi connectivity index (χ2v) is 5.57. The van der Waals surface area contributed by atoms with Gasteiger partial charge in [0, 0.05) is 11.6 Å². The third-order valence-electron chi connectivity index (χ3n) is 2.68. The van der Waals surface area contributed by atoms with Gasteiger partial charge in [0.1, 0.15) is 11.5 Å². The number of furan rings is 1. The van der Waals surface area contributed by atoms with Crippen molar-refractivity contribution >= 4 is 0 Å². The Morgan fingerprint density at radius 1 is 1.33 bits per heavy atom. The molecule has 0 spiro atoms. The average Bonchev–Trinajstić information content (AvgIpc) is 2.40. The number of hydrogen-bond acceptors (Lipinski definition) is 2. The van der Waals surface area contributed by atoms with Crippen molar-refractivity contribution < 1.29 is 4.42 Å². The van der Waals surface area contributed by atoms with Gasteiger partial charge in [-0.25, -0.2) is 0 Å². The van der Waals surface area contributed by atoms with Crippen molar-refractivity contribution in [3.05, 3.63) is 23.2 Å². The number of aryl methyl sites for hydroxylation is 2. The van der Waals surface area contributed by atoms with Gasteiger partial charge in [-0.1, -0.05) is 20.8 Å². The summed E-state index contributed by atoms with van der Waals surface area (Å²) < 4.78 is 5.49. The lowest BCUT2D eigenvalue weighted by Crippen LogP contribution is -2.14. The molecule has 2 nitrogen and oxygen atoms in total. The summed E-state index contributed by atoms with van der Waals surface area (Å²) in [4.78, 5) is 0. The van der Waals surface area contributed by atoms with Crippen molar-refractivity contribution in [2.75, 3.05) is 0 Å². The first-order chi connectivity index (χ1) is 6.79. The van der Waals surface area contributed by atoms with E-state index in [2.05, 4.69) is 26.8 Å². The third kappa shape index (κ3) is 3.71. The fraction of sp³-hybridized carbons (Fsp3) is 0.692. The van der Waals surface area contributed by atoms with Crippen LogP contribution < -0.4 is 5.73 Å². The van der Waals surface area contributed by atoms with Crippen LogP contribution in [0.4, 0.5) is 0 Å². The molecule has 1 unspecified atom stereocenters. The van der Waals surface area contributed by atoms with Gasteiger partial charge >= 0.3 is 0 Å². The molecule has 0 aliphatic heterocycles. The zero-order valence-corrected chi connectivity index (χ0v) is 10.6. The van der Waals surface area contributed by atoms with E-state index < -0.39 is 0 Å². The van der Waals surface area contributed by atoms with Crippen molar-refractivity contribution in [1.82, 2.24) is 0 Å². The van der Waals surface area contributed by atoms with Crippen LogP contribution in [0.15, 0.2) is 10.5 Å². The summed E-state index contributed by atoms with van der Waals surface area (Å²) in [7, 11) is 0. The molecule has 0 bridgehead atoms. The van der Waals surface area contributed by atoms with E-state index in [-0.39, 0.29) is 6.04 Å². The molecule has 1 aromatic rings. The zero-order chi connectivity index (χ0) is 11.6. The first-order valence-electron chi connectivity index (χ1n) is 5.62. The quantitative estimate of drug-likeness (QED) is 0.824. The SMILES string of the molecule is Cc1cc(C(N)CCC(C)(C)C)c(C)o1. The summed E-state index contributed by atoms with van der Waals surface area (Å²) in [6, 6.07) is 2.17. The van der Waals surface area contributed by atoms with Crippen LogP contribution in [-0.4, -0.2) is 0 Å². The smallest absolute Gasteiger partial charge is 0.105 e. The molecule has 86 valence electrons. The summed E-state index contributed by atoms with van der Waals surface area (Å²) in [6.45, 7) is 10.7. The van der Waals surface area contributed by atoms with E-state index in [1.807, 2.05) is 13.8 Å². The second kappa shape index (κ2) is 4.40. The first kappa shape index (κ1) is 12.3. The van der Waals surface area contributed by atoms with Gasteiger partial charge in [-0.2, -0.15) is 0 Å². The van der Waals surface area contributed by atoms with E-state index in [1.165, 1.54) is 0 Å². The van der Waals surface area contributed by atoms with Crippen LogP contribution >= 0.6 is 0 Å². The average molecular weight is 209 g/mol. The van der Waals surface area contributed by atoms with Gasteiger partial charge in [-0.05, 0) is 38.2 Å². The number of nitrogens with two attached hydrogens (primary N) is 1. The Kier molecular flexibility index (Phi) is 3.61. The van der Waals surface area contributed by atoms with E-state index in [1.54, 1.807) is 0 Å². The van der Waals surface area contributed by atoms with Crippen LogP contribution in [0, 0.1) is 19.3 Å². The maximum Gasteiger partial charge on any atom is 0.105 e. The van der Waals surface area contributed by atoms with Crippen LogP contribution in [0.3, 0.4) is 0 Å². The van der Waals surface area contributed by atoms with Gasteiger partial charge in [0.05, 0.1) is 0 Å². The molecule has 1 atom stereocenters. The minimum atomic E-state index is 0.113. The maximum atomic E-state index is 6.16. The molecule has 0 fully saturated rings. The zero-order valence-electron chi connectivity index (χ0n) is 10.6. The lowest BCUT2D eigenvalue weighted by molar-refractivity contribution is 0.348. The molecule has 0 aliphatic rings. The normalized spacial score (nSPS) is 14.3. The predicted molar refractivity (Wildman–Crippen MR) is 63.8 cm³/mol. The minimum Gasteiger partial charge on any atom is -0.466 e. The molecule has 15 heavy (non-hydrogen) atoms. The highest BCUT2D eigenvalue weighted by Gasteiger charge is 2.17. The molecule has 1 rings (SSSR count). The van der Waals surface area contributed by atoms with Crippen LogP contribution in [0.2, 0.25) is 0 Å². The highest BCUT2D eigenvalue weighted by molar-refractivity contribution is 5.23. The molecular weight excluding hydrogens is 186 g/mol. The molecule has 0 amide bonds. The fourth-order valence-electron chi connectivity index (χ4n) is 1.76. The molecular formula is C13H23NO. The fourth-order valence-corrected chi connectivity index (χ4v) is 1.76. The topological polar surface area (TPSA) is 39.2 Å². The summed E-state index contributed by atoms with van der Waals surface area (Å²) in [6.07, 6.45) is 2.15. The first-order valence-corrected chi connectivity index (χ1v) is 5.62. The second-order valence-electron chi connectivity index (χ2n) is 5.57. The van der Waals surface area contributed by atoms with Gasteiger partial charge < -0.3 is 10.2 Å². The van der Waals surface area contributed by atoms with Crippen LogP contribution in [0.25, 0.3) is 0 Å². The largest absolute Gasteiger partial charge is 0.466 e. The summed E-state index contributed by atoms with van der Waals surface area (Å²) >= 11 is 0. The molecule has 2 N–H and O–H groups in total. The third-order valence-corrected chi connectivity index (χ3v) is 2.68. The van der Waals surface area contributed by atoms with Crippen molar-refractivity contribution in [3.8, 4) is 0 Å². The minimum absolute atomic E-state index is 0.113. The van der Waals surface area contributed by atoms with E-state index in [9.17, 15) is 0 Å². The maximum absolute atomic E-state index is 6.16. The standard InChI is InChI=1S/C13H23NO/c1-9-8-11(10(2)15-9)12(14)6-7-13(3,4)5/h8,12H,6-7,14H2,1-5H3. The molecule has 1 aromatic heterocycles. The highest BCUT2D eigenvalue weighted by atomic mass is 16.3. The Balaban J connectivity index is 2.61. The highest BCUT2D eigenvalue weighted by Crippen LogP contribution is 2.28. The van der Waals surface area contributed by atoms with Gasteiger partial charge in [-0.15, -0.1) is 0 Å².